The van der Waals surface area contributed by atoms with Crippen molar-refractivity contribution in [3.05, 3.63) is 0 Å². The van der Waals surface area contributed by atoms with Crippen molar-refractivity contribution in [1.29, 1.82) is 0 Å². The smallest absolute Gasteiger partial charge is 0.156 e. The number of fused-ring (bicyclic) bond motifs is 2. The second kappa shape index (κ2) is 3.45. The molecule has 0 aromatic rings. The molecule has 0 spiro atoms. The summed E-state index contributed by atoms with van der Waals surface area (Å²) in [7, 11) is -2.89. The van der Waals surface area contributed by atoms with Crippen molar-refractivity contribution >= 4 is 9.84 Å². The zero-order valence-electron chi connectivity index (χ0n) is 9.56. The van der Waals surface area contributed by atoms with Gasteiger partial charge in [0.25, 0.3) is 0 Å². The summed E-state index contributed by atoms with van der Waals surface area (Å²) in [6, 6.07) is 0. The van der Waals surface area contributed by atoms with Gasteiger partial charge in [-0.2, -0.15) is 0 Å². The second-order valence-corrected chi connectivity index (χ2v) is 8.41. The van der Waals surface area contributed by atoms with E-state index in [9.17, 15) is 13.5 Å². The molecule has 3 aliphatic rings. The van der Waals surface area contributed by atoms with Crippen LogP contribution in [-0.4, -0.2) is 29.6 Å². The van der Waals surface area contributed by atoms with Crippen molar-refractivity contribution in [2.24, 2.45) is 5.92 Å². The molecule has 0 amide bonds. The topological polar surface area (TPSA) is 54.4 Å². The highest BCUT2D eigenvalue weighted by Crippen LogP contribution is 2.49. The third-order valence-corrected chi connectivity index (χ3v) is 7.68. The van der Waals surface area contributed by atoms with Gasteiger partial charge < -0.3 is 5.11 Å². The van der Waals surface area contributed by atoms with Gasteiger partial charge in [-0.3, -0.25) is 0 Å². The molecular formula is C12H20O3S. The van der Waals surface area contributed by atoms with Crippen LogP contribution in [0.5, 0.6) is 0 Å². The largest absolute Gasteiger partial charge is 0.390 e. The monoisotopic (exact) mass is 244 g/mol. The fraction of sp³-hybridized carbons (Fsp3) is 1.00. The van der Waals surface area contributed by atoms with Crippen LogP contribution in [0.3, 0.4) is 0 Å². The lowest BCUT2D eigenvalue weighted by atomic mass is 9.80. The minimum atomic E-state index is -2.89. The normalized spacial score (nSPS) is 47.3. The van der Waals surface area contributed by atoms with E-state index in [1.807, 2.05) is 0 Å². The molecule has 2 saturated heterocycles. The van der Waals surface area contributed by atoms with E-state index in [1.54, 1.807) is 0 Å². The van der Waals surface area contributed by atoms with E-state index in [2.05, 4.69) is 0 Å². The zero-order chi connectivity index (χ0) is 11.4. The standard InChI is InChI=1S/C12H20O3S/c13-12(9-3-1-2-4-9)7-10-5-6-11(8-12)16(10,14)15/h9-11,13H,1-8H2. The minimum absolute atomic E-state index is 0.239. The first-order valence-corrected chi connectivity index (χ1v) is 8.08. The van der Waals surface area contributed by atoms with Crippen LogP contribution in [0.4, 0.5) is 0 Å². The molecule has 2 unspecified atom stereocenters. The molecule has 2 aliphatic heterocycles. The third-order valence-electron chi connectivity index (χ3n) is 5.02. The van der Waals surface area contributed by atoms with E-state index in [-0.39, 0.29) is 10.5 Å². The Morgan fingerprint density at radius 2 is 1.44 bits per heavy atom. The van der Waals surface area contributed by atoms with Crippen molar-refractivity contribution in [2.45, 2.75) is 67.5 Å². The zero-order valence-corrected chi connectivity index (χ0v) is 10.4. The minimum Gasteiger partial charge on any atom is -0.390 e. The molecule has 16 heavy (non-hydrogen) atoms. The number of hydrogen-bond acceptors (Lipinski definition) is 3. The summed E-state index contributed by atoms with van der Waals surface area (Å²) in [5.41, 5.74) is -0.659. The highest BCUT2D eigenvalue weighted by Gasteiger charge is 2.55. The Kier molecular flexibility index (Phi) is 2.38. The van der Waals surface area contributed by atoms with Crippen LogP contribution in [0.15, 0.2) is 0 Å². The van der Waals surface area contributed by atoms with Crippen molar-refractivity contribution in [3.63, 3.8) is 0 Å². The summed E-state index contributed by atoms with van der Waals surface area (Å²) in [6.45, 7) is 0. The Morgan fingerprint density at radius 1 is 0.938 bits per heavy atom. The lowest BCUT2D eigenvalue weighted by Crippen LogP contribution is -2.48. The Hall–Kier alpha value is -0.0900. The van der Waals surface area contributed by atoms with Crippen molar-refractivity contribution in [1.82, 2.24) is 0 Å². The molecule has 0 radical (unpaired) electrons. The van der Waals surface area contributed by atoms with Crippen LogP contribution >= 0.6 is 0 Å². The predicted octanol–water partition coefficient (Wildman–Crippen LogP) is 1.65. The average molecular weight is 244 g/mol. The van der Waals surface area contributed by atoms with Crippen LogP contribution in [0.25, 0.3) is 0 Å². The fourth-order valence-electron chi connectivity index (χ4n) is 4.08. The Labute approximate surface area is 97.2 Å². The first-order chi connectivity index (χ1) is 7.52. The first-order valence-electron chi connectivity index (χ1n) is 6.47. The van der Waals surface area contributed by atoms with Crippen molar-refractivity contribution in [2.75, 3.05) is 0 Å². The SMILES string of the molecule is O=S1(=O)C2CCC1CC(O)(C1CCCC1)C2. The van der Waals surface area contributed by atoms with Gasteiger partial charge in [0.2, 0.25) is 0 Å². The lowest BCUT2D eigenvalue weighted by molar-refractivity contribution is -0.0323. The summed E-state index contributed by atoms with van der Waals surface area (Å²) in [6.07, 6.45) is 7.17. The number of rotatable bonds is 1. The first kappa shape index (κ1) is 11.0. The maximum absolute atomic E-state index is 12.0. The Balaban J connectivity index is 1.86. The molecule has 3 fully saturated rings. The van der Waals surface area contributed by atoms with E-state index in [0.717, 1.165) is 25.7 Å². The fourth-order valence-corrected chi connectivity index (χ4v) is 6.59. The van der Waals surface area contributed by atoms with Gasteiger partial charge in [0, 0.05) is 0 Å². The summed E-state index contributed by atoms with van der Waals surface area (Å²) in [5, 5.41) is 10.2. The maximum atomic E-state index is 12.0. The summed E-state index contributed by atoms with van der Waals surface area (Å²) >= 11 is 0. The molecule has 2 bridgehead atoms. The quantitative estimate of drug-likeness (QED) is 0.763. The summed E-state index contributed by atoms with van der Waals surface area (Å²) < 4.78 is 23.9. The summed E-state index contributed by atoms with van der Waals surface area (Å²) in [4.78, 5) is 0. The molecule has 1 N–H and O–H groups in total. The van der Waals surface area contributed by atoms with Crippen LogP contribution in [0.1, 0.15) is 51.4 Å². The predicted molar refractivity (Wildman–Crippen MR) is 61.9 cm³/mol. The van der Waals surface area contributed by atoms with Crippen molar-refractivity contribution in [3.8, 4) is 0 Å². The van der Waals surface area contributed by atoms with Gasteiger partial charge in [-0.1, -0.05) is 12.8 Å². The average Bonchev–Trinajstić information content (AvgIpc) is 2.77. The van der Waals surface area contributed by atoms with E-state index >= 15 is 0 Å². The van der Waals surface area contributed by atoms with E-state index in [0.29, 0.717) is 18.8 Å². The van der Waals surface area contributed by atoms with Gasteiger partial charge in [0.05, 0.1) is 16.1 Å². The van der Waals surface area contributed by atoms with E-state index < -0.39 is 15.4 Å². The molecule has 2 atom stereocenters. The molecule has 0 aromatic carbocycles. The van der Waals surface area contributed by atoms with Gasteiger partial charge in [0.15, 0.2) is 9.84 Å². The van der Waals surface area contributed by atoms with Gasteiger partial charge in [-0.15, -0.1) is 0 Å². The molecule has 2 heterocycles. The highest BCUT2D eigenvalue weighted by molar-refractivity contribution is 7.93. The molecule has 92 valence electrons. The molecule has 3 nitrogen and oxygen atoms in total. The van der Waals surface area contributed by atoms with Crippen LogP contribution < -0.4 is 0 Å². The van der Waals surface area contributed by atoms with Gasteiger partial charge in [-0.05, 0) is 44.4 Å². The van der Waals surface area contributed by atoms with Crippen molar-refractivity contribution < 1.29 is 13.5 Å². The molecule has 4 heteroatoms. The third kappa shape index (κ3) is 1.46. The van der Waals surface area contributed by atoms with Crippen LogP contribution in [0, 0.1) is 5.92 Å². The van der Waals surface area contributed by atoms with Gasteiger partial charge in [-0.25, -0.2) is 8.42 Å². The molecule has 1 aliphatic carbocycles. The van der Waals surface area contributed by atoms with E-state index in [4.69, 9.17) is 0 Å². The summed E-state index contributed by atoms with van der Waals surface area (Å²) in [5.74, 6) is 0.367. The molecule has 0 aromatic heterocycles. The van der Waals surface area contributed by atoms with Crippen LogP contribution in [-0.2, 0) is 9.84 Å². The molecular weight excluding hydrogens is 224 g/mol. The van der Waals surface area contributed by atoms with Gasteiger partial charge >= 0.3 is 0 Å². The number of hydrogen-bond donors (Lipinski definition) is 1. The Morgan fingerprint density at radius 3 is 1.94 bits per heavy atom. The number of aliphatic hydroxyl groups is 1. The molecule has 3 rings (SSSR count). The van der Waals surface area contributed by atoms with Gasteiger partial charge in [0.1, 0.15) is 0 Å². The highest BCUT2D eigenvalue weighted by atomic mass is 32.2. The number of sulfone groups is 1. The lowest BCUT2D eigenvalue weighted by Gasteiger charge is -2.40. The Bertz CT molecular complexity index is 361. The molecule has 1 saturated carbocycles. The van der Waals surface area contributed by atoms with E-state index in [1.165, 1.54) is 12.8 Å². The maximum Gasteiger partial charge on any atom is 0.156 e. The van der Waals surface area contributed by atoms with Crippen LogP contribution in [0.2, 0.25) is 0 Å². The second-order valence-electron chi connectivity index (χ2n) is 5.90.